The SMILES string of the molecule is C[NH2+]CCc1c[nH]c2cccc(OC(C)=O)c12. The molecule has 0 aliphatic carbocycles. The Balaban J connectivity index is 2.43. The standard InChI is InChI=1S/C13H16N2O2/c1-9(16)17-12-5-3-4-11-13(12)10(8-15-11)6-7-14-2/h3-5,8,14-15H,6-7H2,1-2H3/p+1. The van der Waals surface area contributed by atoms with Gasteiger partial charge in [0.15, 0.2) is 0 Å². The Morgan fingerprint density at radius 2 is 2.29 bits per heavy atom. The highest BCUT2D eigenvalue weighted by Gasteiger charge is 2.11. The Morgan fingerprint density at radius 1 is 1.47 bits per heavy atom. The molecular formula is C13H17N2O2+. The van der Waals surface area contributed by atoms with Gasteiger partial charge >= 0.3 is 5.97 Å². The summed E-state index contributed by atoms with van der Waals surface area (Å²) >= 11 is 0. The number of ether oxygens (including phenoxy) is 1. The maximum absolute atomic E-state index is 11.1. The van der Waals surface area contributed by atoms with E-state index in [1.807, 2.05) is 31.4 Å². The van der Waals surface area contributed by atoms with Crippen molar-refractivity contribution in [2.24, 2.45) is 0 Å². The van der Waals surface area contributed by atoms with E-state index in [9.17, 15) is 4.79 Å². The summed E-state index contributed by atoms with van der Waals surface area (Å²) in [6.45, 7) is 2.44. The number of quaternary nitrogens is 1. The second-order valence-corrected chi connectivity index (χ2v) is 4.03. The molecule has 0 aliphatic heterocycles. The van der Waals surface area contributed by atoms with E-state index < -0.39 is 0 Å². The molecule has 0 atom stereocenters. The van der Waals surface area contributed by atoms with Gasteiger partial charge in [-0.05, 0) is 17.7 Å². The molecule has 1 aromatic carbocycles. The number of hydrogen-bond acceptors (Lipinski definition) is 2. The van der Waals surface area contributed by atoms with Gasteiger partial charge in [0.05, 0.1) is 13.6 Å². The van der Waals surface area contributed by atoms with Gasteiger partial charge < -0.3 is 15.0 Å². The molecule has 4 nitrogen and oxygen atoms in total. The third kappa shape index (κ3) is 2.47. The van der Waals surface area contributed by atoms with Crippen LogP contribution in [0.5, 0.6) is 5.75 Å². The van der Waals surface area contributed by atoms with Crippen LogP contribution in [0, 0.1) is 0 Å². The summed E-state index contributed by atoms with van der Waals surface area (Å²) in [5, 5.41) is 3.15. The first kappa shape index (κ1) is 11.7. The molecule has 0 saturated heterocycles. The minimum Gasteiger partial charge on any atom is -0.426 e. The van der Waals surface area contributed by atoms with Crippen LogP contribution in [0.15, 0.2) is 24.4 Å². The van der Waals surface area contributed by atoms with Crippen LogP contribution in [-0.2, 0) is 11.2 Å². The molecule has 0 amide bonds. The van der Waals surface area contributed by atoms with Crippen molar-refractivity contribution in [3.8, 4) is 5.75 Å². The van der Waals surface area contributed by atoms with Crippen LogP contribution < -0.4 is 10.1 Å². The van der Waals surface area contributed by atoms with E-state index in [1.165, 1.54) is 12.5 Å². The fraction of sp³-hybridized carbons (Fsp3) is 0.308. The third-order valence-corrected chi connectivity index (χ3v) is 2.71. The van der Waals surface area contributed by atoms with Crippen LogP contribution in [0.1, 0.15) is 12.5 Å². The molecule has 0 spiro atoms. The van der Waals surface area contributed by atoms with Crippen LogP contribution in [0.2, 0.25) is 0 Å². The molecule has 2 aromatic rings. The lowest BCUT2D eigenvalue weighted by Gasteiger charge is -2.04. The van der Waals surface area contributed by atoms with Crippen molar-refractivity contribution in [2.75, 3.05) is 13.6 Å². The summed E-state index contributed by atoms with van der Waals surface area (Å²) in [7, 11) is 2.04. The van der Waals surface area contributed by atoms with Crippen molar-refractivity contribution < 1.29 is 14.8 Å². The van der Waals surface area contributed by atoms with Crippen molar-refractivity contribution in [1.82, 2.24) is 4.98 Å². The maximum Gasteiger partial charge on any atom is 0.308 e. The van der Waals surface area contributed by atoms with Gasteiger partial charge in [0, 0.05) is 30.4 Å². The highest BCUT2D eigenvalue weighted by molar-refractivity contribution is 5.91. The number of carbonyl (C=O) groups excluding carboxylic acids is 1. The van der Waals surface area contributed by atoms with Gasteiger partial charge in [0.2, 0.25) is 0 Å². The van der Waals surface area contributed by atoms with E-state index in [0.29, 0.717) is 5.75 Å². The van der Waals surface area contributed by atoms with Gasteiger partial charge in [-0.3, -0.25) is 4.79 Å². The number of nitrogens with one attached hydrogen (secondary N) is 1. The van der Waals surface area contributed by atoms with E-state index in [1.54, 1.807) is 0 Å². The van der Waals surface area contributed by atoms with Gasteiger partial charge in [-0.1, -0.05) is 6.07 Å². The molecule has 0 fully saturated rings. The zero-order valence-electron chi connectivity index (χ0n) is 10.1. The maximum atomic E-state index is 11.1. The monoisotopic (exact) mass is 233 g/mol. The lowest BCUT2D eigenvalue weighted by atomic mass is 10.1. The van der Waals surface area contributed by atoms with E-state index in [4.69, 9.17) is 4.74 Å². The van der Waals surface area contributed by atoms with Crippen molar-refractivity contribution in [3.63, 3.8) is 0 Å². The number of H-pyrrole nitrogens is 1. The van der Waals surface area contributed by atoms with E-state index in [2.05, 4.69) is 10.3 Å². The zero-order chi connectivity index (χ0) is 12.3. The first-order valence-corrected chi connectivity index (χ1v) is 5.77. The minimum absolute atomic E-state index is 0.285. The predicted octanol–water partition coefficient (Wildman–Crippen LogP) is 0.829. The molecule has 3 N–H and O–H groups in total. The molecule has 0 saturated carbocycles. The Morgan fingerprint density at radius 3 is 3.00 bits per heavy atom. The first-order valence-electron chi connectivity index (χ1n) is 5.77. The number of nitrogens with two attached hydrogens (primary N) is 1. The number of likely N-dealkylation sites (N-methyl/N-ethyl adjacent to an activating group) is 1. The molecule has 2 rings (SSSR count). The molecule has 90 valence electrons. The van der Waals surface area contributed by atoms with Crippen LogP contribution >= 0.6 is 0 Å². The molecule has 0 radical (unpaired) electrons. The highest BCUT2D eigenvalue weighted by Crippen LogP contribution is 2.28. The molecule has 1 heterocycles. The Labute approximate surface area is 100.0 Å². The van der Waals surface area contributed by atoms with E-state index in [-0.39, 0.29) is 5.97 Å². The summed E-state index contributed by atoms with van der Waals surface area (Å²) in [6, 6.07) is 5.70. The van der Waals surface area contributed by atoms with Crippen molar-refractivity contribution >= 4 is 16.9 Å². The number of carbonyl (C=O) groups is 1. The molecule has 0 aliphatic rings. The number of aromatic nitrogens is 1. The lowest BCUT2D eigenvalue weighted by Crippen LogP contribution is -2.80. The van der Waals surface area contributed by atoms with Crippen LogP contribution in [0.4, 0.5) is 0 Å². The van der Waals surface area contributed by atoms with E-state index >= 15 is 0 Å². The van der Waals surface area contributed by atoms with Crippen molar-refractivity contribution in [3.05, 3.63) is 30.0 Å². The van der Waals surface area contributed by atoms with Crippen LogP contribution in [0.25, 0.3) is 10.9 Å². The van der Waals surface area contributed by atoms with Crippen molar-refractivity contribution in [2.45, 2.75) is 13.3 Å². The molecule has 0 bridgehead atoms. The number of benzene rings is 1. The number of fused-ring (bicyclic) bond motifs is 1. The molecular weight excluding hydrogens is 216 g/mol. The van der Waals surface area contributed by atoms with Gasteiger partial charge in [-0.25, -0.2) is 0 Å². The number of hydrogen-bond donors (Lipinski definition) is 2. The Kier molecular flexibility index (Phi) is 3.44. The lowest BCUT2D eigenvalue weighted by molar-refractivity contribution is -0.626. The molecule has 0 unspecified atom stereocenters. The summed E-state index contributed by atoms with van der Waals surface area (Å²) in [5.41, 5.74) is 2.20. The summed E-state index contributed by atoms with van der Waals surface area (Å²) < 4.78 is 5.24. The average Bonchev–Trinajstić information content (AvgIpc) is 2.70. The number of esters is 1. The molecule has 1 aromatic heterocycles. The van der Waals surface area contributed by atoms with Crippen molar-refractivity contribution in [1.29, 1.82) is 0 Å². The third-order valence-electron chi connectivity index (χ3n) is 2.71. The number of rotatable bonds is 4. The van der Waals surface area contributed by atoms with E-state index in [0.717, 1.165) is 23.9 Å². The summed E-state index contributed by atoms with van der Waals surface area (Å²) in [6.07, 6.45) is 2.94. The highest BCUT2D eigenvalue weighted by atomic mass is 16.5. The summed E-state index contributed by atoms with van der Waals surface area (Å²) in [4.78, 5) is 14.3. The Hall–Kier alpha value is -1.81. The van der Waals surface area contributed by atoms with Gasteiger partial charge in [0.1, 0.15) is 5.75 Å². The quantitative estimate of drug-likeness (QED) is 0.607. The molecule has 17 heavy (non-hydrogen) atoms. The number of aromatic amines is 1. The summed E-state index contributed by atoms with van der Waals surface area (Å²) in [5.74, 6) is 0.356. The van der Waals surface area contributed by atoms with Crippen LogP contribution in [-0.4, -0.2) is 24.5 Å². The van der Waals surface area contributed by atoms with Gasteiger partial charge in [0.25, 0.3) is 0 Å². The normalized spacial score (nSPS) is 10.7. The van der Waals surface area contributed by atoms with Gasteiger partial charge in [-0.15, -0.1) is 0 Å². The average molecular weight is 233 g/mol. The minimum atomic E-state index is -0.285. The largest absolute Gasteiger partial charge is 0.426 e. The fourth-order valence-corrected chi connectivity index (χ4v) is 1.96. The smallest absolute Gasteiger partial charge is 0.308 e. The zero-order valence-corrected chi connectivity index (χ0v) is 10.1. The first-order chi connectivity index (χ1) is 8.22. The molecule has 4 heteroatoms. The topological polar surface area (TPSA) is 58.7 Å². The second kappa shape index (κ2) is 5.01. The predicted molar refractivity (Wildman–Crippen MR) is 66.0 cm³/mol. The fourth-order valence-electron chi connectivity index (χ4n) is 1.96. The van der Waals surface area contributed by atoms with Gasteiger partial charge in [-0.2, -0.15) is 0 Å². The van der Waals surface area contributed by atoms with Crippen LogP contribution in [0.3, 0.4) is 0 Å². The second-order valence-electron chi connectivity index (χ2n) is 4.03. The Bertz CT molecular complexity index is 531.